The maximum Gasteiger partial charge on any atom is 0.338 e. The van der Waals surface area contributed by atoms with Gasteiger partial charge in [-0.25, -0.2) is 9.79 Å². The second-order valence-corrected chi connectivity index (χ2v) is 11.4. The van der Waals surface area contributed by atoms with E-state index in [0.29, 0.717) is 33.9 Å². The van der Waals surface area contributed by atoms with Crippen LogP contribution in [0.25, 0.3) is 5.57 Å². The highest BCUT2D eigenvalue weighted by Crippen LogP contribution is 2.38. The molecular formula is C34H29N3O7S. The molecule has 0 radical (unpaired) electrons. The van der Waals surface area contributed by atoms with Gasteiger partial charge in [-0.1, -0.05) is 65.9 Å². The number of benzene rings is 3. The number of methoxy groups -OCH3 is 1. The lowest BCUT2D eigenvalue weighted by molar-refractivity contribution is -0.139. The molecule has 1 unspecified atom stereocenters. The van der Waals surface area contributed by atoms with Gasteiger partial charge in [0.05, 0.1) is 48.8 Å². The van der Waals surface area contributed by atoms with Crippen LogP contribution in [0.15, 0.2) is 93.9 Å². The van der Waals surface area contributed by atoms with E-state index in [-0.39, 0.29) is 39.7 Å². The van der Waals surface area contributed by atoms with Crippen LogP contribution in [0.5, 0.6) is 11.5 Å². The van der Waals surface area contributed by atoms with Crippen molar-refractivity contribution in [3.8, 4) is 11.5 Å². The van der Waals surface area contributed by atoms with Crippen LogP contribution >= 0.6 is 11.3 Å². The van der Waals surface area contributed by atoms with E-state index < -0.39 is 23.5 Å². The zero-order valence-electron chi connectivity index (χ0n) is 25.0. The normalized spacial score (nSPS) is 16.6. The Morgan fingerprint density at radius 1 is 0.978 bits per heavy atom. The number of hydrogen-bond acceptors (Lipinski definition) is 9. The fourth-order valence-electron chi connectivity index (χ4n) is 5.67. The van der Waals surface area contributed by atoms with Gasteiger partial charge in [0.2, 0.25) is 0 Å². The Labute approximate surface area is 262 Å². The lowest BCUT2D eigenvalue weighted by atomic mass is 9.95. The zero-order chi connectivity index (χ0) is 31.8. The summed E-state index contributed by atoms with van der Waals surface area (Å²) in [7, 11) is 1.43. The molecule has 0 aliphatic carbocycles. The summed E-state index contributed by atoms with van der Waals surface area (Å²) in [4.78, 5) is 60.2. The Morgan fingerprint density at radius 2 is 1.71 bits per heavy atom. The van der Waals surface area contributed by atoms with Crippen LogP contribution in [-0.2, 0) is 25.7 Å². The number of anilines is 1. The third kappa shape index (κ3) is 5.25. The van der Waals surface area contributed by atoms with Gasteiger partial charge < -0.3 is 19.1 Å². The number of carbonyl (C=O) groups excluding carboxylic acids is 3. The molecule has 11 heteroatoms. The monoisotopic (exact) mass is 623 g/mol. The van der Waals surface area contributed by atoms with Crippen molar-refractivity contribution >= 4 is 40.4 Å². The molecule has 3 aromatic carbocycles. The van der Waals surface area contributed by atoms with Crippen LogP contribution in [0.4, 0.5) is 5.69 Å². The molecule has 1 atom stereocenters. The number of fused-ring (bicyclic) bond motifs is 2. The van der Waals surface area contributed by atoms with Gasteiger partial charge >= 0.3 is 11.9 Å². The summed E-state index contributed by atoms with van der Waals surface area (Å²) < 4.78 is 17.8. The molecule has 45 heavy (non-hydrogen) atoms. The van der Waals surface area contributed by atoms with E-state index in [0.717, 1.165) is 16.9 Å². The van der Waals surface area contributed by atoms with Crippen molar-refractivity contribution in [3.63, 3.8) is 0 Å². The summed E-state index contributed by atoms with van der Waals surface area (Å²) in [6.07, 6.45) is 0. The van der Waals surface area contributed by atoms with Crippen molar-refractivity contribution < 1.29 is 28.6 Å². The molecule has 0 bridgehead atoms. The molecule has 3 heterocycles. The van der Waals surface area contributed by atoms with Crippen molar-refractivity contribution in [1.82, 2.24) is 4.57 Å². The van der Waals surface area contributed by atoms with Crippen molar-refractivity contribution in [3.05, 3.63) is 120 Å². The van der Waals surface area contributed by atoms with Gasteiger partial charge in [-0.2, -0.15) is 0 Å². The fraction of sp³-hybridized carbons (Fsp3) is 0.206. The van der Waals surface area contributed by atoms with E-state index in [9.17, 15) is 19.2 Å². The molecule has 0 saturated carbocycles. The lowest BCUT2D eigenvalue weighted by Crippen LogP contribution is -2.41. The van der Waals surface area contributed by atoms with Crippen molar-refractivity contribution in [2.75, 3.05) is 18.6 Å². The number of allylic oxidation sites excluding steroid dienone is 1. The summed E-state index contributed by atoms with van der Waals surface area (Å²) in [5.74, 6) is -1.02. The van der Waals surface area contributed by atoms with Gasteiger partial charge in [-0.05, 0) is 43.2 Å². The predicted octanol–water partition coefficient (Wildman–Crippen LogP) is 3.65. The summed E-state index contributed by atoms with van der Waals surface area (Å²) in [6, 6.07) is 20.9. The van der Waals surface area contributed by atoms with Gasteiger partial charge in [0.1, 0.15) is 4.53 Å². The zero-order valence-corrected chi connectivity index (χ0v) is 25.8. The smallest absolute Gasteiger partial charge is 0.338 e. The third-order valence-electron chi connectivity index (χ3n) is 7.58. The van der Waals surface area contributed by atoms with E-state index >= 15 is 0 Å². The number of hydrogen-bond donors (Lipinski definition) is 0. The Kier molecular flexibility index (Phi) is 7.94. The first-order valence-corrected chi connectivity index (χ1v) is 15.1. The van der Waals surface area contributed by atoms with Gasteiger partial charge in [-0.15, -0.1) is 0 Å². The average Bonchev–Trinajstić information content (AvgIpc) is 3.49. The molecule has 0 saturated heterocycles. The van der Waals surface area contributed by atoms with E-state index in [2.05, 4.69) is 4.99 Å². The largest absolute Gasteiger partial charge is 0.493 e. The quantitative estimate of drug-likeness (QED) is 0.228. The molecular weight excluding hydrogens is 594 g/mol. The highest BCUT2D eigenvalue weighted by atomic mass is 32.1. The maximum atomic E-state index is 14.5. The van der Waals surface area contributed by atoms with E-state index in [1.807, 2.05) is 54.6 Å². The average molecular weight is 624 g/mol. The van der Waals surface area contributed by atoms with Crippen LogP contribution in [0.2, 0.25) is 0 Å². The first-order valence-electron chi connectivity index (χ1n) is 14.3. The second-order valence-electron chi connectivity index (χ2n) is 10.4. The van der Waals surface area contributed by atoms with Crippen molar-refractivity contribution in [1.29, 1.82) is 0 Å². The number of ether oxygens (including phenoxy) is 3. The highest BCUT2D eigenvalue weighted by Gasteiger charge is 2.37. The Bertz CT molecular complexity index is 2080. The van der Waals surface area contributed by atoms with Crippen LogP contribution in [0, 0.1) is 0 Å². The summed E-state index contributed by atoms with van der Waals surface area (Å²) in [5.41, 5.74) is 3.17. The van der Waals surface area contributed by atoms with Gasteiger partial charge in [0.15, 0.2) is 16.3 Å². The molecule has 0 fully saturated rings. The van der Waals surface area contributed by atoms with E-state index in [4.69, 9.17) is 14.2 Å². The predicted molar refractivity (Wildman–Crippen MR) is 168 cm³/mol. The number of amides is 1. The Hall–Kier alpha value is -5.29. The number of esters is 2. The molecule has 6 rings (SSSR count). The number of thiazole rings is 1. The van der Waals surface area contributed by atoms with Crippen LogP contribution in [-0.4, -0.2) is 36.1 Å². The van der Waals surface area contributed by atoms with Crippen LogP contribution in [0.1, 0.15) is 43.5 Å². The van der Waals surface area contributed by atoms with Gasteiger partial charge in [0, 0.05) is 12.5 Å². The minimum Gasteiger partial charge on any atom is -0.493 e. The highest BCUT2D eigenvalue weighted by molar-refractivity contribution is 7.07. The molecule has 1 aromatic heterocycles. The minimum absolute atomic E-state index is 0.119. The molecule has 1 amide bonds. The maximum absolute atomic E-state index is 14.5. The van der Waals surface area contributed by atoms with Gasteiger partial charge in [0.25, 0.3) is 11.5 Å². The number of carbonyl (C=O) groups is 3. The molecule has 0 spiro atoms. The lowest BCUT2D eigenvalue weighted by Gasteiger charge is -2.25. The van der Waals surface area contributed by atoms with Crippen LogP contribution < -0.4 is 29.3 Å². The summed E-state index contributed by atoms with van der Waals surface area (Å²) in [5, 5.41) is 0. The SMILES string of the molecule is CCOC(=O)C1=C(C)N=c2s/c(=C3\C(=O)N(Cc4ccccc4)c4ccccc43)c(=O)n2C1c1ccc(OC(C)=O)c(OC)c1. The number of nitrogens with zero attached hydrogens (tertiary/aromatic N) is 3. The number of rotatable bonds is 7. The Balaban J connectivity index is 1.57. The summed E-state index contributed by atoms with van der Waals surface area (Å²) in [6.45, 7) is 5.11. The molecule has 2 aliphatic heterocycles. The fourth-order valence-corrected chi connectivity index (χ4v) is 6.81. The molecule has 4 aromatic rings. The minimum atomic E-state index is -0.956. The second kappa shape index (κ2) is 12.0. The Morgan fingerprint density at radius 3 is 2.42 bits per heavy atom. The van der Waals surface area contributed by atoms with Gasteiger partial charge in [-0.3, -0.25) is 19.0 Å². The van der Waals surface area contributed by atoms with Crippen LogP contribution in [0.3, 0.4) is 0 Å². The third-order valence-corrected chi connectivity index (χ3v) is 8.64. The van der Waals surface area contributed by atoms with Crippen molar-refractivity contribution in [2.45, 2.75) is 33.4 Å². The topological polar surface area (TPSA) is 117 Å². The van der Waals surface area contributed by atoms with E-state index in [1.54, 1.807) is 36.9 Å². The molecule has 228 valence electrons. The summed E-state index contributed by atoms with van der Waals surface area (Å²) >= 11 is 1.10. The first-order chi connectivity index (χ1) is 21.7. The first kappa shape index (κ1) is 29.8. The molecule has 0 N–H and O–H groups in total. The standard InChI is InChI=1S/C34H29N3O7S/c1-5-43-33(41)27-19(2)35-34-37(29(27)22-15-16-25(44-20(3)38)26(17-22)42-4)32(40)30(45-34)28-23-13-9-10-14-24(23)36(31(28)39)18-21-11-7-6-8-12-21/h6-17,29H,5,18H2,1-4H3/b30-28-. The number of aromatic nitrogens is 1. The molecule has 10 nitrogen and oxygen atoms in total. The number of para-hydroxylation sites is 1. The van der Waals surface area contributed by atoms with Crippen molar-refractivity contribution in [2.24, 2.45) is 4.99 Å². The molecule has 2 aliphatic rings. The van der Waals surface area contributed by atoms with E-state index in [1.165, 1.54) is 18.6 Å².